The molecule has 1 aliphatic rings. The number of pyridine rings is 1. The van der Waals surface area contributed by atoms with Crippen LogP contribution in [0.4, 0.5) is 4.39 Å². The Hall–Kier alpha value is -2.01. The number of carbonyl (C=O) groups is 1. The molecule has 0 radical (unpaired) electrons. The number of piperazine rings is 1. The van der Waals surface area contributed by atoms with Gasteiger partial charge in [0.25, 0.3) is 0 Å². The molecule has 7 nitrogen and oxygen atoms in total. The van der Waals surface area contributed by atoms with Crippen molar-refractivity contribution in [3.05, 3.63) is 54.0 Å². The summed E-state index contributed by atoms with van der Waals surface area (Å²) in [5.41, 5.74) is 0.947. The first kappa shape index (κ1) is 22.7. The molecular weight excluding hydrogens is 427 g/mol. The second kappa shape index (κ2) is 10.3. The fourth-order valence-electron chi connectivity index (χ4n) is 2.97. The Morgan fingerprint density at radius 1 is 1.13 bits per heavy atom. The van der Waals surface area contributed by atoms with Crippen LogP contribution in [0.3, 0.4) is 0 Å². The number of halogens is 1. The zero-order valence-electron chi connectivity index (χ0n) is 16.8. The number of nitrogens with zero attached hydrogens (tertiary/aromatic N) is 3. The van der Waals surface area contributed by atoms with Gasteiger partial charge in [-0.1, -0.05) is 23.9 Å². The number of benzene rings is 1. The summed E-state index contributed by atoms with van der Waals surface area (Å²) in [6, 6.07) is 9.34. The highest BCUT2D eigenvalue weighted by Crippen LogP contribution is 2.20. The van der Waals surface area contributed by atoms with E-state index >= 15 is 0 Å². The zero-order valence-corrected chi connectivity index (χ0v) is 18.4. The van der Waals surface area contributed by atoms with Gasteiger partial charge in [-0.3, -0.25) is 4.79 Å². The van der Waals surface area contributed by atoms with Crippen molar-refractivity contribution >= 4 is 27.7 Å². The molecule has 0 bridgehead atoms. The Morgan fingerprint density at radius 3 is 2.47 bits per heavy atom. The van der Waals surface area contributed by atoms with Crippen molar-refractivity contribution < 1.29 is 17.6 Å². The molecule has 0 atom stereocenters. The predicted octanol–water partition coefficient (Wildman–Crippen LogP) is 1.61. The molecule has 1 aliphatic heterocycles. The highest BCUT2D eigenvalue weighted by molar-refractivity contribution is 7.99. The molecule has 1 N–H and O–H groups in total. The first-order chi connectivity index (χ1) is 14.3. The standard InChI is InChI=1S/C20H25FN4O3S2/c1-24-10-12-25(13-11-24)30(27,28)18-6-7-20(23-14-18)29-15-19(26)22-9-8-16-2-4-17(21)5-3-16/h2-7,14H,8-13,15H2,1H3,(H,22,26). The average molecular weight is 453 g/mol. The third-order valence-corrected chi connectivity index (χ3v) is 7.64. The number of carbonyl (C=O) groups excluding carboxylic acids is 1. The molecule has 10 heteroatoms. The molecule has 30 heavy (non-hydrogen) atoms. The largest absolute Gasteiger partial charge is 0.355 e. The van der Waals surface area contributed by atoms with Crippen molar-refractivity contribution in [2.45, 2.75) is 16.3 Å². The van der Waals surface area contributed by atoms with E-state index in [0.717, 1.165) is 5.56 Å². The fraction of sp³-hybridized carbons (Fsp3) is 0.400. The predicted molar refractivity (Wildman–Crippen MR) is 114 cm³/mol. The molecule has 0 spiro atoms. The Labute approximate surface area is 180 Å². The minimum atomic E-state index is -3.54. The van der Waals surface area contributed by atoms with E-state index in [-0.39, 0.29) is 22.4 Å². The Morgan fingerprint density at radius 2 is 1.83 bits per heavy atom. The number of sulfonamides is 1. The molecule has 0 aliphatic carbocycles. The van der Waals surface area contributed by atoms with Crippen LogP contribution in [0.15, 0.2) is 52.5 Å². The SMILES string of the molecule is CN1CCN(S(=O)(=O)c2ccc(SCC(=O)NCCc3ccc(F)cc3)nc2)CC1. The van der Waals surface area contributed by atoms with Crippen molar-refractivity contribution in [2.75, 3.05) is 45.5 Å². The van der Waals surface area contributed by atoms with Crippen molar-refractivity contribution in [3.8, 4) is 0 Å². The quantitative estimate of drug-likeness (QED) is 0.613. The number of thioether (sulfide) groups is 1. The maximum Gasteiger partial charge on any atom is 0.244 e. The highest BCUT2D eigenvalue weighted by Gasteiger charge is 2.27. The van der Waals surface area contributed by atoms with E-state index in [2.05, 4.69) is 15.2 Å². The third-order valence-electron chi connectivity index (χ3n) is 4.81. The normalized spacial score (nSPS) is 15.8. The van der Waals surface area contributed by atoms with E-state index in [1.165, 1.54) is 40.5 Å². The van der Waals surface area contributed by atoms with Crippen LogP contribution in [0.25, 0.3) is 0 Å². The lowest BCUT2D eigenvalue weighted by Crippen LogP contribution is -2.47. The van der Waals surface area contributed by atoms with Crippen LogP contribution in [-0.2, 0) is 21.2 Å². The zero-order chi connectivity index (χ0) is 21.6. The van der Waals surface area contributed by atoms with Gasteiger partial charge in [-0.15, -0.1) is 0 Å². The van der Waals surface area contributed by atoms with Crippen LogP contribution in [-0.4, -0.2) is 74.0 Å². The van der Waals surface area contributed by atoms with Crippen LogP contribution < -0.4 is 5.32 Å². The summed E-state index contributed by atoms with van der Waals surface area (Å²) in [6.07, 6.45) is 1.97. The molecule has 0 saturated carbocycles. The van der Waals surface area contributed by atoms with Gasteiger partial charge in [0, 0.05) is 38.9 Å². The van der Waals surface area contributed by atoms with Crippen LogP contribution in [0.2, 0.25) is 0 Å². The molecule has 1 aromatic heterocycles. The summed E-state index contributed by atoms with van der Waals surface area (Å²) < 4.78 is 39.8. The van der Waals surface area contributed by atoms with Gasteiger partial charge in [-0.2, -0.15) is 4.31 Å². The van der Waals surface area contributed by atoms with E-state index in [0.29, 0.717) is 44.2 Å². The lowest BCUT2D eigenvalue weighted by Gasteiger charge is -2.31. The average Bonchev–Trinajstić information content (AvgIpc) is 2.74. The highest BCUT2D eigenvalue weighted by atomic mass is 32.2. The Kier molecular flexibility index (Phi) is 7.81. The molecule has 2 aromatic rings. The number of likely N-dealkylation sites (N-methyl/N-ethyl adjacent to an activating group) is 1. The van der Waals surface area contributed by atoms with Gasteiger partial charge < -0.3 is 10.2 Å². The first-order valence-electron chi connectivity index (χ1n) is 9.63. The third kappa shape index (κ3) is 6.24. The minimum absolute atomic E-state index is 0.141. The number of aromatic nitrogens is 1. The second-order valence-electron chi connectivity index (χ2n) is 7.05. The maximum atomic E-state index is 12.9. The number of hydrogen-bond donors (Lipinski definition) is 1. The molecular formula is C20H25FN4O3S2. The van der Waals surface area contributed by atoms with Crippen LogP contribution in [0.5, 0.6) is 0 Å². The molecule has 1 amide bonds. The molecule has 2 heterocycles. The summed E-state index contributed by atoms with van der Waals surface area (Å²) >= 11 is 1.24. The van der Waals surface area contributed by atoms with E-state index in [9.17, 15) is 17.6 Å². The molecule has 3 rings (SSSR count). The number of rotatable bonds is 8. The molecule has 0 unspecified atom stereocenters. The number of hydrogen-bond acceptors (Lipinski definition) is 6. The van der Waals surface area contributed by atoms with Crippen molar-refractivity contribution in [1.29, 1.82) is 0 Å². The second-order valence-corrected chi connectivity index (χ2v) is 9.99. The lowest BCUT2D eigenvalue weighted by atomic mass is 10.1. The lowest BCUT2D eigenvalue weighted by molar-refractivity contribution is -0.118. The van der Waals surface area contributed by atoms with E-state index in [4.69, 9.17) is 0 Å². The Balaban J connectivity index is 1.44. The van der Waals surface area contributed by atoms with Gasteiger partial charge in [0.1, 0.15) is 10.7 Å². The smallest absolute Gasteiger partial charge is 0.244 e. The van der Waals surface area contributed by atoms with Gasteiger partial charge in [0.05, 0.1) is 10.8 Å². The number of nitrogens with one attached hydrogen (secondary N) is 1. The van der Waals surface area contributed by atoms with Crippen LogP contribution in [0, 0.1) is 5.82 Å². The number of amides is 1. The van der Waals surface area contributed by atoms with E-state index in [1.807, 2.05) is 7.05 Å². The summed E-state index contributed by atoms with van der Waals surface area (Å²) in [6.45, 7) is 2.80. The maximum absolute atomic E-state index is 12.9. The van der Waals surface area contributed by atoms with Crippen molar-refractivity contribution in [3.63, 3.8) is 0 Å². The van der Waals surface area contributed by atoms with E-state index < -0.39 is 10.0 Å². The van der Waals surface area contributed by atoms with Gasteiger partial charge in [0.2, 0.25) is 15.9 Å². The monoisotopic (exact) mass is 452 g/mol. The topological polar surface area (TPSA) is 82.6 Å². The van der Waals surface area contributed by atoms with Crippen molar-refractivity contribution in [1.82, 2.24) is 19.5 Å². The summed E-state index contributed by atoms with van der Waals surface area (Å²) in [4.78, 5) is 18.4. The molecule has 162 valence electrons. The summed E-state index contributed by atoms with van der Waals surface area (Å²) in [5.74, 6) is -0.242. The molecule has 1 fully saturated rings. The van der Waals surface area contributed by atoms with Gasteiger partial charge in [0.15, 0.2) is 0 Å². The molecule has 1 aromatic carbocycles. The fourth-order valence-corrected chi connectivity index (χ4v) is 5.01. The van der Waals surface area contributed by atoms with E-state index in [1.54, 1.807) is 18.2 Å². The van der Waals surface area contributed by atoms with Crippen LogP contribution in [0.1, 0.15) is 5.56 Å². The van der Waals surface area contributed by atoms with Crippen molar-refractivity contribution in [2.24, 2.45) is 0 Å². The van der Waals surface area contributed by atoms with Gasteiger partial charge >= 0.3 is 0 Å². The van der Waals surface area contributed by atoms with Gasteiger partial charge in [-0.05, 0) is 43.3 Å². The van der Waals surface area contributed by atoms with Gasteiger partial charge in [-0.25, -0.2) is 17.8 Å². The summed E-state index contributed by atoms with van der Waals surface area (Å²) in [5, 5.41) is 3.39. The molecule has 1 saturated heterocycles. The minimum Gasteiger partial charge on any atom is -0.355 e. The van der Waals surface area contributed by atoms with Crippen LogP contribution >= 0.6 is 11.8 Å². The Bertz CT molecular complexity index is 945. The summed E-state index contributed by atoms with van der Waals surface area (Å²) in [7, 11) is -1.57. The first-order valence-corrected chi connectivity index (χ1v) is 12.1.